The quantitative estimate of drug-likeness (QED) is 0.479. The van der Waals surface area contributed by atoms with E-state index in [1.54, 1.807) is 19.2 Å². The molecule has 1 fully saturated rings. The first-order chi connectivity index (χ1) is 10.6. The second kappa shape index (κ2) is 7.98. The van der Waals surface area contributed by atoms with Crippen LogP contribution in [0.5, 0.6) is 5.75 Å². The molecule has 0 radical (unpaired) electrons. The SMILES string of the molecule is CN=C(NCCOc1cccc(F)c1)NCC1(C)CCCO1. The molecule has 0 spiro atoms. The van der Waals surface area contributed by atoms with Crippen molar-refractivity contribution < 1.29 is 13.9 Å². The highest BCUT2D eigenvalue weighted by atomic mass is 19.1. The highest BCUT2D eigenvalue weighted by Gasteiger charge is 2.29. The standard InChI is InChI=1S/C16H24FN3O2/c1-16(7-4-9-22-16)12-20-15(18-2)19-8-10-21-14-6-3-5-13(17)11-14/h3,5-6,11H,4,7-10,12H2,1-2H3,(H2,18,19,20). The molecular weight excluding hydrogens is 285 g/mol. The van der Waals surface area contributed by atoms with Crippen LogP contribution in [0.1, 0.15) is 19.8 Å². The molecule has 6 heteroatoms. The Kier molecular flexibility index (Phi) is 6.00. The number of halogens is 1. The van der Waals surface area contributed by atoms with Crippen molar-refractivity contribution in [2.45, 2.75) is 25.4 Å². The van der Waals surface area contributed by atoms with Crippen LogP contribution in [0.15, 0.2) is 29.3 Å². The number of rotatable bonds is 6. The fourth-order valence-corrected chi connectivity index (χ4v) is 2.36. The van der Waals surface area contributed by atoms with Gasteiger partial charge in [-0.3, -0.25) is 4.99 Å². The summed E-state index contributed by atoms with van der Waals surface area (Å²) in [7, 11) is 1.72. The Bertz CT molecular complexity index is 502. The second-order valence-corrected chi connectivity index (χ2v) is 5.56. The van der Waals surface area contributed by atoms with Gasteiger partial charge in [0, 0.05) is 26.3 Å². The molecule has 2 rings (SSSR count). The molecule has 2 N–H and O–H groups in total. The van der Waals surface area contributed by atoms with Crippen LogP contribution >= 0.6 is 0 Å². The fourth-order valence-electron chi connectivity index (χ4n) is 2.36. The van der Waals surface area contributed by atoms with Gasteiger partial charge in [-0.25, -0.2) is 4.39 Å². The summed E-state index contributed by atoms with van der Waals surface area (Å²) in [4.78, 5) is 4.16. The van der Waals surface area contributed by atoms with Gasteiger partial charge in [0.1, 0.15) is 18.2 Å². The van der Waals surface area contributed by atoms with E-state index in [9.17, 15) is 4.39 Å². The summed E-state index contributed by atoms with van der Waals surface area (Å²) >= 11 is 0. The number of aliphatic imine (C=N–C) groups is 1. The number of nitrogens with zero attached hydrogens (tertiary/aromatic N) is 1. The third-order valence-electron chi connectivity index (χ3n) is 3.61. The average molecular weight is 309 g/mol. The fraction of sp³-hybridized carbons (Fsp3) is 0.562. The average Bonchev–Trinajstić information content (AvgIpc) is 2.94. The zero-order valence-corrected chi connectivity index (χ0v) is 13.2. The summed E-state index contributed by atoms with van der Waals surface area (Å²) in [5, 5.41) is 6.42. The largest absolute Gasteiger partial charge is 0.492 e. The van der Waals surface area contributed by atoms with Crippen molar-refractivity contribution in [2.24, 2.45) is 4.99 Å². The summed E-state index contributed by atoms with van der Waals surface area (Å²) in [6.07, 6.45) is 2.16. The number of nitrogens with one attached hydrogen (secondary N) is 2. The molecule has 0 amide bonds. The maximum absolute atomic E-state index is 13.0. The highest BCUT2D eigenvalue weighted by Crippen LogP contribution is 2.23. The van der Waals surface area contributed by atoms with Gasteiger partial charge in [0.25, 0.3) is 0 Å². The maximum Gasteiger partial charge on any atom is 0.191 e. The van der Waals surface area contributed by atoms with Crippen molar-refractivity contribution in [3.8, 4) is 5.75 Å². The van der Waals surface area contributed by atoms with Crippen molar-refractivity contribution in [2.75, 3.05) is 33.4 Å². The van der Waals surface area contributed by atoms with Crippen LogP contribution in [0.2, 0.25) is 0 Å². The van der Waals surface area contributed by atoms with Gasteiger partial charge in [0.15, 0.2) is 5.96 Å². The van der Waals surface area contributed by atoms with Crippen molar-refractivity contribution in [3.05, 3.63) is 30.1 Å². The zero-order valence-electron chi connectivity index (χ0n) is 13.2. The lowest BCUT2D eigenvalue weighted by molar-refractivity contribution is 0.0243. The monoisotopic (exact) mass is 309 g/mol. The minimum Gasteiger partial charge on any atom is -0.492 e. The first-order valence-corrected chi connectivity index (χ1v) is 7.58. The smallest absolute Gasteiger partial charge is 0.191 e. The summed E-state index contributed by atoms with van der Waals surface area (Å²) < 4.78 is 24.2. The van der Waals surface area contributed by atoms with Crippen LogP contribution in [-0.4, -0.2) is 44.9 Å². The summed E-state index contributed by atoms with van der Waals surface area (Å²) in [6.45, 7) is 4.65. The molecule has 1 heterocycles. The minimum atomic E-state index is -0.298. The molecule has 1 aromatic carbocycles. The Hall–Kier alpha value is -1.82. The van der Waals surface area contributed by atoms with Gasteiger partial charge in [-0.2, -0.15) is 0 Å². The van der Waals surface area contributed by atoms with Gasteiger partial charge in [0.05, 0.1) is 12.1 Å². The van der Waals surface area contributed by atoms with E-state index in [-0.39, 0.29) is 11.4 Å². The number of hydrogen-bond acceptors (Lipinski definition) is 3. The maximum atomic E-state index is 13.0. The van der Waals surface area contributed by atoms with Crippen molar-refractivity contribution >= 4 is 5.96 Å². The van der Waals surface area contributed by atoms with E-state index in [0.717, 1.165) is 26.0 Å². The number of guanidine groups is 1. The summed E-state index contributed by atoms with van der Waals surface area (Å²) in [5.74, 6) is 0.934. The molecule has 1 aliphatic heterocycles. The molecule has 1 atom stereocenters. The molecule has 122 valence electrons. The van der Waals surface area contributed by atoms with Crippen LogP contribution in [0, 0.1) is 5.82 Å². The lowest BCUT2D eigenvalue weighted by Gasteiger charge is -2.24. The lowest BCUT2D eigenvalue weighted by atomic mass is 10.0. The molecule has 0 aliphatic carbocycles. The topological polar surface area (TPSA) is 54.9 Å². The van der Waals surface area contributed by atoms with E-state index < -0.39 is 0 Å². The van der Waals surface area contributed by atoms with Crippen LogP contribution in [0.25, 0.3) is 0 Å². The molecule has 22 heavy (non-hydrogen) atoms. The molecule has 0 bridgehead atoms. The van der Waals surface area contributed by atoms with Crippen molar-refractivity contribution in [3.63, 3.8) is 0 Å². The van der Waals surface area contributed by atoms with Gasteiger partial charge in [-0.05, 0) is 31.9 Å². The van der Waals surface area contributed by atoms with Gasteiger partial charge >= 0.3 is 0 Å². The molecule has 1 unspecified atom stereocenters. The molecular formula is C16H24FN3O2. The Morgan fingerprint density at radius 3 is 3.00 bits per heavy atom. The van der Waals surface area contributed by atoms with E-state index in [1.165, 1.54) is 12.1 Å². The Morgan fingerprint density at radius 1 is 1.45 bits per heavy atom. The van der Waals surface area contributed by atoms with Crippen LogP contribution < -0.4 is 15.4 Å². The van der Waals surface area contributed by atoms with E-state index in [4.69, 9.17) is 9.47 Å². The van der Waals surface area contributed by atoms with E-state index in [0.29, 0.717) is 24.9 Å². The predicted octanol–water partition coefficient (Wildman–Crippen LogP) is 1.94. The number of benzene rings is 1. The molecule has 1 aromatic rings. The Morgan fingerprint density at radius 2 is 2.32 bits per heavy atom. The normalized spacial score (nSPS) is 21.7. The van der Waals surface area contributed by atoms with Crippen molar-refractivity contribution in [1.82, 2.24) is 10.6 Å². The number of ether oxygens (including phenoxy) is 2. The van der Waals surface area contributed by atoms with E-state index in [1.807, 2.05) is 0 Å². The number of hydrogen-bond donors (Lipinski definition) is 2. The van der Waals surface area contributed by atoms with Crippen LogP contribution in [-0.2, 0) is 4.74 Å². The molecule has 0 aromatic heterocycles. The lowest BCUT2D eigenvalue weighted by Crippen LogP contribution is -2.46. The summed E-state index contributed by atoms with van der Waals surface area (Å²) in [6, 6.07) is 6.11. The molecule has 1 aliphatic rings. The van der Waals surface area contributed by atoms with Crippen molar-refractivity contribution in [1.29, 1.82) is 0 Å². The van der Waals surface area contributed by atoms with E-state index >= 15 is 0 Å². The van der Waals surface area contributed by atoms with Crippen LogP contribution in [0.4, 0.5) is 4.39 Å². The predicted molar refractivity (Wildman–Crippen MR) is 84.9 cm³/mol. The van der Waals surface area contributed by atoms with Gasteiger partial charge in [-0.1, -0.05) is 6.07 Å². The Balaban J connectivity index is 1.66. The minimum absolute atomic E-state index is 0.115. The van der Waals surface area contributed by atoms with Gasteiger partial charge in [0.2, 0.25) is 0 Å². The van der Waals surface area contributed by atoms with Gasteiger partial charge in [-0.15, -0.1) is 0 Å². The summed E-state index contributed by atoms with van der Waals surface area (Å²) in [5.41, 5.74) is -0.115. The van der Waals surface area contributed by atoms with E-state index in [2.05, 4.69) is 22.5 Å². The third kappa shape index (κ3) is 5.18. The molecule has 0 saturated carbocycles. The Labute approximate surface area is 130 Å². The van der Waals surface area contributed by atoms with Crippen LogP contribution in [0.3, 0.4) is 0 Å². The van der Waals surface area contributed by atoms with Gasteiger partial charge < -0.3 is 20.1 Å². The zero-order chi connectivity index (χ0) is 15.8. The first kappa shape index (κ1) is 16.5. The highest BCUT2D eigenvalue weighted by molar-refractivity contribution is 5.79. The second-order valence-electron chi connectivity index (χ2n) is 5.56. The third-order valence-corrected chi connectivity index (χ3v) is 3.61. The molecule has 5 nitrogen and oxygen atoms in total. The first-order valence-electron chi connectivity index (χ1n) is 7.58. The molecule has 1 saturated heterocycles.